The van der Waals surface area contributed by atoms with Crippen molar-refractivity contribution in [1.29, 1.82) is 0 Å². The van der Waals surface area contributed by atoms with E-state index in [0.29, 0.717) is 12.1 Å². The summed E-state index contributed by atoms with van der Waals surface area (Å²) in [5.74, 6) is 0.0720. The van der Waals surface area contributed by atoms with Crippen molar-refractivity contribution in [2.24, 2.45) is 0 Å². The van der Waals surface area contributed by atoms with Gasteiger partial charge in [0.1, 0.15) is 0 Å². The fraction of sp³-hybridized carbons (Fsp3) is 0.500. The van der Waals surface area contributed by atoms with Crippen LogP contribution in [0.1, 0.15) is 12.0 Å². The first-order valence-electron chi connectivity index (χ1n) is 7.07. The van der Waals surface area contributed by atoms with E-state index in [0.717, 1.165) is 24.2 Å². The van der Waals surface area contributed by atoms with Gasteiger partial charge in [-0.2, -0.15) is 0 Å². The number of hydrogen-bond acceptors (Lipinski definition) is 5. The van der Waals surface area contributed by atoms with Gasteiger partial charge in [0.2, 0.25) is 5.91 Å². The van der Waals surface area contributed by atoms with Crippen LogP contribution in [0, 0.1) is 0 Å². The summed E-state index contributed by atoms with van der Waals surface area (Å²) in [5, 5.41) is 2.81. The second-order valence-corrected chi connectivity index (χ2v) is 7.92. The Hall–Kier alpha value is -1.76. The molecule has 2 aliphatic rings. The van der Waals surface area contributed by atoms with Crippen LogP contribution in [0.3, 0.4) is 0 Å². The summed E-state index contributed by atoms with van der Waals surface area (Å²) >= 11 is 0. The summed E-state index contributed by atoms with van der Waals surface area (Å²) in [7, 11) is -2.97. The highest BCUT2D eigenvalue weighted by Gasteiger charge is 2.30. The third kappa shape index (κ3) is 2.97. The average Bonchev–Trinajstić information content (AvgIpc) is 2.94. The summed E-state index contributed by atoms with van der Waals surface area (Å²) in [5.41, 5.74) is 8.76. The standard InChI is InChI=1S/C14H19N3O3S/c15-12-3-1-2-10-4-6-17(14(10)12)8-13(18)16-11-5-7-21(19,20)9-11/h1-3,11H,4-9,15H2,(H,16,18). The number of amides is 1. The SMILES string of the molecule is Nc1cccc2c1N(CC(=O)NC1CCS(=O)(=O)C1)CC2. The Labute approximate surface area is 124 Å². The molecular formula is C14H19N3O3S. The molecule has 1 saturated heterocycles. The second kappa shape index (κ2) is 5.22. The van der Waals surface area contributed by atoms with E-state index in [1.807, 2.05) is 23.1 Å². The fourth-order valence-electron chi connectivity index (χ4n) is 3.08. The Kier molecular flexibility index (Phi) is 3.52. The lowest BCUT2D eigenvalue weighted by Crippen LogP contribution is -2.42. The lowest BCUT2D eigenvalue weighted by atomic mass is 10.1. The summed E-state index contributed by atoms with van der Waals surface area (Å²) in [6, 6.07) is 5.52. The van der Waals surface area contributed by atoms with Crippen LogP contribution in [-0.4, -0.2) is 45.0 Å². The van der Waals surface area contributed by atoms with Crippen molar-refractivity contribution in [2.45, 2.75) is 18.9 Å². The van der Waals surface area contributed by atoms with Crippen molar-refractivity contribution in [1.82, 2.24) is 5.32 Å². The van der Waals surface area contributed by atoms with Crippen LogP contribution in [0.5, 0.6) is 0 Å². The van der Waals surface area contributed by atoms with Gasteiger partial charge >= 0.3 is 0 Å². The highest BCUT2D eigenvalue weighted by molar-refractivity contribution is 7.91. The van der Waals surface area contributed by atoms with Gasteiger partial charge in [-0.25, -0.2) is 8.42 Å². The van der Waals surface area contributed by atoms with E-state index in [-0.39, 0.29) is 30.0 Å². The van der Waals surface area contributed by atoms with E-state index in [9.17, 15) is 13.2 Å². The molecule has 0 aliphatic carbocycles. The van der Waals surface area contributed by atoms with Gasteiger partial charge in [-0.1, -0.05) is 12.1 Å². The Morgan fingerprint density at radius 3 is 2.95 bits per heavy atom. The number of nitrogen functional groups attached to an aromatic ring is 1. The maximum absolute atomic E-state index is 12.1. The molecule has 3 rings (SSSR count). The summed E-state index contributed by atoms with van der Waals surface area (Å²) in [6.45, 7) is 0.984. The minimum atomic E-state index is -2.97. The summed E-state index contributed by atoms with van der Waals surface area (Å²) < 4.78 is 22.8. The number of nitrogens with two attached hydrogens (primary N) is 1. The highest BCUT2D eigenvalue weighted by Crippen LogP contribution is 2.33. The van der Waals surface area contributed by atoms with Crippen molar-refractivity contribution in [3.05, 3.63) is 23.8 Å². The number of rotatable bonds is 3. The summed E-state index contributed by atoms with van der Waals surface area (Å²) in [6.07, 6.45) is 1.39. The van der Waals surface area contributed by atoms with E-state index in [2.05, 4.69) is 5.32 Å². The third-order valence-electron chi connectivity index (χ3n) is 4.05. The number of carbonyl (C=O) groups excluding carboxylic acids is 1. The zero-order valence-electron chi connectivity index (χ0n) is 11.7. The second-order valence-electron chi connectivity index (χ2n) is 5.69. The van der Waals surface area contributed by atoms with Gasteiger partial charge in [-0.05, 0) is 24.5 Å². The number of anilines is 2. The monoisotopic (exact) mass is 309 g/mol. The number of nitrogens with zero attached hydrogens (tertiary/aromatic N) is 1. The van der Waals surface area contributed by atoms with Crippen LogP contribution < -0.4 is 16.0 Å². The van der Waals surface area contributed by atoms with Crippen LogP contribution in [-0.2, 0) is 21.1 Å². The smallest absolute Gasteiger partial charge is 0.239 e. The molecule has 114 valence electrons. The van der Waals surface area contributed by atoms with Gasteiger partial charge in [-0.3, -0.25) is 4.79 Å². The molecule has 0 saturated carbocycles. The molecule has 2 heterocycles. The topological polar surface area (TPSA) is 92.5 Å². The van der Waals surface area contributed by atoms with Gasteiger partial charge < -0.3 is 16.0 Å². The molecule has 1 atom stereocenters. The zero-order valence-corrected chi connectivity index (χ0v) is 12.5. The highest BCUT2D eigenvalue weighted by atomic mass is 32.2. The van der Waals surface area contributed by atoms with E-state index in [1.54, 1.807) is 0 Å². The number of fused-ring (bicyclic) bond motifs is 1. The van der Waals surface area contributed by atoms with E-state index in [1.165, 1.54) is 0 Å². The van der Waals surface area contributed by atoms with Gasteiger partial charge in [0, 0.05) is 12.6 Å². The first-order valence-corrected chi connectivity index (χ1v) is 8.89. The molecule has 7 heteroatoms. The van der Waals surface area contributed by atoms with Crippen LogP contribution in [0.4, 0.5) is 11.4 Å². The molecule has 1 aromatic carbocycles. The Morgan fingerprint density at radius 2 is 2.24 bits per heavy atom. The lowest BCUT2D eigenvalue weighted by molar-refractivity contribution is -0.120. The van der Waals surface area contributed by atoms with Crippen molar-refractivity contribution in [3.8, 4) is 0 Å². The molecule has 2 aliphatic heterocycles. The average molecular weight is 309 g/mol. The molecule has 1 amide bonds. The summed E-state index contributed by atoms with van der Waals surface area (Å²) in [4.78, 5) is 14.1. The minimum Gasteiger partial charge on any atom is -0.397 e. The first kappa shape index (κ1) is 14.2. The molecule has 0 spiro atoms. The van der Waals surface area contributed by atoms with Crippen molar-refractivity contribution in [2.75, 3.05) is 35.2 Å². The molecule has 0 bridgehead atoms. The number of carbonyl (C=O) groups is 1. The maximum atomic E-state index is 12.1. The molecule has 6 nitrogen and oxygen atoms in total. The van der Waals surface area contributed by atoms with Crippen molar-refractivity contribution < 1.29 is 13.2 Å². The molecule has 21 heavy (non-hydrogen) atoms. The molecule has 3 N–H and O–H groups in total. The van der Waals surface area contributed by atoms with E-state index >= 15 is 0 Å². The largest absolute Gasteiger partial charge is 0.397 e. The quantitative estimate of drug-likeness (QED) is 0.763. The normalized spacial score (nSPS) is 23.0. The maximum Gasteiger partial charge on any atom is 0.239 e. The Morgan fingerprint density at radius 1 is 1.43 bits per heavy atom. The first-order chi connectivity index (χ1) is 9.94. The Bertz CT molecular complexity index is 672. The zero-order chi connectivity index (χ0) is 15.0. The molecule has 1 fully saturated rings. The van der Waals surface area contributed by atoms with Crippen LogP contribution >= 0.6 is 0 Å². The molecule has 0 aromatic heterocycles. The molecule has 0 radical (unpaired) electrons. The van der Waals surface area contributed by atoms with Gasteiger partial charge in [-0.15, -0.1) is 0 Å². The molecule has 1 unspecified atom stereocenters. The number of hydrogen-bond donors (Lipinski definition) is 2. The Balaban J connectivity index is 1.63. The third-order valence-corrected chi connectivity index (χ3v) is 5.82. The van der Waals surface area contributed by atoms with Crippen LogP contribution in [0.25, 0.3) is 0 Å². The van der Waals surface area contributed by atoms with Gasteiger partial charge in [0.25, 0.3) is 0 Å². The molecule has 1 aromatic rings. The molecular weight excluding hydrogens is 290 g/mol. The van der Waals surface area contributed by atoms with Gasteiger partial charge in [0.15, 0.2) is 9.84 Å². The van der Waals surface area contributed by atoms with E-state index < -0.39 is 9.84 Å². The van der Waals surface area contributed by atoms with Crippen molar-refractivity contribution in [3.63, 3.8) is 0 Å². The number of nitrogens with one attached hydrogen (secondary N) is 1. The van der Waals surface area contributed by atoms with Crippen LogP contribution in [0.2, 0.25) is 0 Å². The predicted molar refractivity (Wildman–Crippen MR) is 82.0 cm³/mol. The van der Waals surface area contributed by atoms with Gasteiger partial charge in [0.05, 0.1) is 29.4 Å². The van der Waals surface area contributed by atoms with Crippen LogP contribution in [0.15, 0.2) is 18.2 Å². The predicted octanol–water partition coefficient (Wildman–Crippen LogP) is -0.0654. The number of benzene rings is 1. The minimum absolute atomic E-state index is 0.0530. The van der Waals surface area contributed by atoms with Crippen molar-refractivity contribution >= 4 is 27.1 Å². The van der Waals surface area contributed by atoms with E-state index in [4.69, 9.17) is 5.73 Å². The number of sulfone groups is 1. The number of para-hydroxylation sites is 1. The lowest BCUT2D eigenvalue weighted by Gasteiger charge is -2.21. The fourth-order valence-corrected chi connectivity index (χ4v) is 4.75.